The van der Waals surface area contributed by atoms with Gasteiger partial charge in [0.25, 0.3) is 0 Å². The van der Waals surface area contributed by atoms with Crippen LogP contribution in [0.3, 0.4) is 0 Å². The Labute approximate surface area is 241 Å². The summed E-state index contributed by atoms with van der Waals surface area (Å²) in [6, 6.07) is 38.7. The smallest absolute Gasteiger partial charge is 0.0971 e. The zero-order chi connectivity index (χ0) is 27.6. The molecule has 0 unspecified atom stereocenters. The van der Waals surface area contributed by atoms with E-state index in [9.17, 15) is 0 Å². The molecule has 0 N–H and O–H groups in total. The third-order valence-electron chi connectivity index (χ3n) is 8.37. The first-order valence-electron chi connectivity index (χ1n) is 14.0. The molecule has 4 heterocycles. The van der Waals surface area contributed by atoms with Crippen LogP contribution in [0.15, 0.2) is 134 Å². The van der Waals surface area contributed by atoms with Gasteiger partial charge in [-0.1, -0.05) is 66.7 Å². The summed E-state index contributed by atoms with van der Waals surface area (Å²) in [5, 5.41) is 9.22. The summed E-state index contributed by atoms with van der Waals surface area (Å²) in [6.07, 6.45) is 7.49. The van der Waals surface area contributed by atoms with E-state index in [1.54, 1.807) is 0 Å². The molecular formula is C38H22N4. The number of benzene rings is 5. The van der Waals surface area contributed by atoms with Gasteiger partial charge in [0.05, 0.1) is 22.1 Å². The second kappa shape index (κ2) is 8.88. The molecule has 0 radical (unpaired) electrons. The van der Waals surface area contributed by atoms with Gasteiger partial charge in [-0.2, -0.15) is 0 Å². The van der Waals surface area contributed by atoms with Crippen LogP contribution >= 0.6 is 0 Å². The minimum absolute atomic E-state index is 0.931. The number of hydrogen-bond donors (Lipinski definition) is 0. The van der Waals surface area contributed by atoms with Crippen LogP contribution < -0.4 is 0 Å². The number of hydrogen-bond acceptors (Lipinski definition) is 4. The molecule has 0 amide bonds. The van der Waals surface area contributed by atoms with Crippen LogP contribution in [0, 0.1) is 0 Å². The van der Waals surface area contributed by atoms with E-state index < -0.39 is 0 Å². The molecule has 0 spiro atoms. The first-order valence-corrected chi connectivity index (χ1v) is 14.0. The van der Waals surface area contributed by atoms with Crippen molar-refractivity contribution in [2.45, 2.75) is 0 Å². The predicted octanol–water partition coefficient (Wildman–Crippen LogP) is 9.52. The highest BCUT2D eigenvalue weighted by Crippen LogP contribution is 2.37. The summed E-state index contributed by atoms with van der Waals surface area (Å²) < 4.78 is 0. The van der Waals surface area contributed by atoms with Crippen molar-refractivity contribution in [3.63, 3.8) is 0 Å². The monoisotopic (exact) mass is 534 g/mol. The van der Waals surface area contributed by atoms with Gasteiger partial charge in [0.1, 0.15) is 0 Å². The molecular weight excluding hydrogens is 512 g/mol. The zero-order valence-corrected chi connectivity index (χ0v) is 22.5. The van der Waals surface area contributed by atoms with Crippen molar-refractivity contribution in [3.8, 4) is 22.3 Å². The highest BCUT2D eigenvalue weighted by Gasteiger charge is 2.13. The Morgan fingerprint density at radius 3 is 1.74 bits per heavy atom. The molecule has 0 saturated heterocycles. The number of aromatic nitrogens is 4. The van der Waals surface area contributed by atoms with Gasteiger partial charge < -0.3 is 0 Å². The molecule has 9 rings (SSSR count). The lowest BCUT2D eigenvalue weighted by molar-refractivity contribution is 1.37. The van der Waals surface area contributed by atoms with Crippen molar-refractivity contribution < 1.29 is 0 Å². The maximum atomic E-state index is 4.95. The fourth-order valence-corrected chi connectivity index (χ4v) is 6.39. The standard InChI is InChI=1S/C38H22N4/c1-2-8-30-29(7-1)31-9-4-17-41-37(31)38-34(30)21-28(22-42-38)25-12-11-24-19-26(14-13-23(24)18-25)33-20-27-6-3-15-39-35(27)36-32(33)10-5-16-40-36/h1-22H. The zero-order valence-electron chi connectivity index (χ0n) is 22.5. The summed E-state index contributed by atoms with van der Waals surface area (Å²) in [7, 11) is 0. The van der Waals surface area contributed by atoms with Crippen LogP contribution in [0.1, 0.15) is 0 Å². The van der Waals surface area contributed by atoms with E-state index in [-0.39, 0.29) is 0 Å². The number of rotatable bonds is 2. The van der Waals surface area contributed by atoms with Crippen LogP contribution in [-0.2, 0) is 0 Å². The first-order chi connectivity index (χ1) is 20.8. The van der Waals surface area contributed by atoms with E-state index in [2.05, 4.69) is 101 Å². The Balaban J connectivity index is 1.19. The van der Waals surface area contributed by atoms with Gasteiger partial charge in [-0.3, -0.25) is 19.9 Å². The molecule has 4 heteroatoms. The Kier molecular flexibility index (Phi) is 4.87. The molecule has 0 aliphatic carbocycles. The molecule has 9 aromatic rings. The van der Waals surface area contributed by atoms with Crippen molar-refractivity contribution in [3.05, 3.63) is 134 Å². The van der Waals surface area contributed by atoms with E-state index >= 15 is 0 Å². The van der Waals surface area contributed by atoms with Crippen molar-refractivity contribution in [1.29, 1.82) is 0 Å². The van der Waals surface area contributed by atoms with Gasteiger partial charge in [-0.05, 0) is 80.7 Å². The van der Waals surface area contributed by atoms with E-state index in [1.165, 1.54) is 21.5 Å². The molecule has 0 aliphatic heterocycles. The van der Waals surface area contributed by atoms with Crippen LogP contribution in [0.4, 0.5) is 0 Å². The third kappa shape index (κ3) is 3.42. The highest BCUT2D eigenvalue weighted by atomic mass is 14.7. The largest absolute Gasteiger partial charge is 0.254 e. The minimum atomic E-state index is 0.931. The molecule has 0 fully saturated rings. The van der Waals surface area contributed by atoms with E-state index in [1.807, 2.05) is 43.0 Å². The summed E-state index contributed by atoms with van der Waals surface area (Å²) >= 11 is 0. The van der Waals surface area contributed by atoms with Crippen LogP contribution in [0.2, 0.25) is 0 Å². The topological polar surface area (TPSA) is 51.6 Å². The fraction of sp³-hybridized carbons (Fsp3) is 0. The molecule has 4 aromatic heterocycles. The Morgan fingerprint density at radius 2 is 0.929 bits per heavy atom. The fourth-order valence-electron chi connectivity index (χ4n) is 6.39. The maximum Gasteiger partial charge on any atom is 0.0971 e. The minimum Gasteiger partial charge on any atom is -0.254 e. The van der Waals surface area contributed by atoms with Crippen LogP contribution in [0.5, 0.6) is 0 Å². The molecule has 194 valence electrons. The summed E-state index contributed by atoms with van der Waals surface area (Å²) in [6.45, 7) is 0. The molecule has 42 heavy (non-hydrogen) atoms. The lowest BCUT2D eigenvalue weighted by Gasteiger charge is -2.12. The summed E-state index contributed by atoms with van der Waals surface area (Å²) in [5.41, 5.74) is 8.30. The Bertz CT molecular complexity index is 2500. The van der Waals surface area contributed by atoms with E-state index in [0.717, 1.165) is 65.9 Å². The van der Waals surface area contributed by atoms with Gasteiger partial charge in [-0.25, -0.2) is 0 Å². The normalized spacial score (nSPS) is 11.8. The summed E-state index contributed by atoms with van der Waals surface area (Å²) in [4.78, 5) is 19.0. The Hall–Kier alpha value is -5.74. The van der Waals surface area contributed by atoms with E-state index in [4.69, 9.17) is 9.97 Å². The summed E-state index contributed by atoms with van der Waals surface area (Å²) in [5.74, 6) is 0. The Morgan fingerprint density at radius 1 is 0.333 bits per heavy atom. The van der Waals surface area contributed by atoms with Crippen LogP contribution in [0.25, 0.3) is 87.4 Å². The molecule has 4 nitrogen and oxygen atoms in total. The molecule has 0 atom stereocenters. The van der Waals surface area contributed by atoms with Gasteiger partial charge in [0.2, 0.25) is 0 Å². The maximum absolute atomic E-state index is 4.95. The number of nitrogens with zero attached hydrogens (tertiary/aromatic N) is 4. The predicted molar refractivity (Wildman–Crippen MR) is 174 cm³/mol. The van der Waals surface area contributed by atoms with Gasteiger partial charge >= 0.3 is 0 Å². The SMILES string of the molecule is c1cnc2c(c1)cc(-c1ccc3cc(-c4cnc5c(c4)c4ccccc4c4cccnc45)ccc3c1)c1cccnc12. The number of fused-ring (bicyclic) bond motifs is 10. The first kappa shape index (κ1) is 23.0. The molecule has 0 saturated carbocycles. The average molecular weight is 535 g/mol. The molecule has 0 bridgehead atoms. The van der Waals surface area contributed by atoms with Crippen molar-refractivity contribution in [2.75, 3.05) is 0 Å². The van der Waals surface area contributed by atoms with Crippen molar-refractivity contribution >= 4 is 65.2 Å². The lowest BCUT2D eigenvalue weighted by atomic mass is 9.94. The third-order valence-corrected chi connectivity index (χ3v) is 8.37. The van der Waals surface area contributed by atoms with Gasteiger partial charge in [0, 0.05) is 51.9 Å². The molecule has 5 aromatic carbocycles. The second-order valence-electron chi connectivity index (χ2n) is 10.7. The van der Waals surface area contributed by atoms with Crippen molar-refractivity contribution in [2.24, 2.45) is 0 Å². The van der Waals surface area contributed by atoms with E-state index in [0.29, 0.717) is 0 Å². The van der Waals surface area contributed by atoms with Gasteiger partial charge in [0.15, 0.2) is 0 Å². The average Bonchev–Trinajstić information content (AvgIpc) is 3.07. The van der Waals surface area contributed by atoms with Crippen LogP contribution in [-0.4, -0.2) is 19.9 Å². The highest BCUT2D eigenvalue weighted by molar-refractivity contribution is 6.23. The molecule has 0 aliphatic rings. The quantitative estimate of drug-likeness (QED) is 0.207. The number of pyridine rings is 4. The van der Waals surface area contributed by atoms with Gasteiger partial charge in [-0.15, -0.1) is 0 Å². The van der Waals surface area contributed by atoms with Crippen molar-refractivity contribution in [1.82, 2.24) is 19.9 Å². The lowest BCUT2D eigenvalue weighted by Crippen LogP contribution is -1.90. The second-order valence-corrected chi connectivity index (χ2v) is 10.7.